The van der Waals surface area contributed by atoms with Gasteiger partial charge in [0.1, 0.15) is 19.1 Å². The van der Waals surface area contributed by atoms with Crippen molar-refractivity contribution in [2.75, 3.05) is 20.2 Å². The Labute approximate surface area is 302 Å². The van der Waals surface area contributed by atoms with Crippen molar-refractivity contribution >= 4 is 10.4 Å². The van der Waals surface area contributed by atoms with E-state index in [0.29, 0.717) is 10.7 Å². The van der Waals surface area contributed by atoms with Gasteiger partial charge in [0.2, 0.25) is 10.4 Å². The molecule has 2 atom stereocenters. The minimum atomic E-state index is -4.41. The molecule has 0 saturated carbocycles. The van der Waals surface area contributed by atoms with E-state index in [1.807, 2.05) is 0 Å². The first-order valence-corrected chi connectivity index (χ1v) is 22.6. The van der Waals surface area contributed by atoms with Crippen LogP contribution >= 0.6 is 0 Å². The molecule has 0 bridgehead atoms. The van der Waals surface area contributed by atoms with Gasteiger partial charge in [0.15, 0.2) is 0 Å². The van der Waals surface area contributed by atoms with E-state index in [1.165, 1.54) is 212 Å². The fraction of sp³-hybridized carbons (Fsp3) is 1.00. The SMILES string of the molecule is CCCCCCCCCCCCCCCCCCC(C)[N+](O)(CC)CCCCCCCCCCCCCCCCCC.COS(=O)(=O)[O-]. The fourth-order valence-corrected chi connectivity index (χ4v) is 6.85. The average Bonchev–Trinajstić information content (AvgIpc) is 3.07. The highest BCUT2D eigenvalue weighted by Crippen LogP contribution is 2.20. The molecule has 0 amide bonds. The maximum Gasteiger partial charge on any atom is 0.217 e. The number of unbranched alkanes of at least 4 members (excludes halogenated alkanes) is 30. The summed E-state index contributed by atoms with van der Waals surface area (Å²) in [5.41, 5.74) is 0. The van der Waals surface area contributed by atoms with Crippen molar-refractivity contribution in [2.45, 2.75) is 246 Å². The van der Waals surface area contributed by atoms with E-state index in [2.05, 4.69) is 31.9 Å². The molecule has 0 spiro atoms. The van der Waals surface area contributed by atoms with Crippen molar-refractivity contribution in [2.24, 2.45) is 0 Å². The van der Waals surface area contributed by atoms with Crippen molar-refractivity contribution in [3.05, 3.63) is 0 Å². The number of hydroxylamine groups is 3. The molecule has 0 aromatic rings. The lowest BCUT2D eigenvalue weighted by molar-refractivity contribution is -1.12. The lowest BCUT2D eigenvalue weighted by atomic mass is 10.0. The number of nitrogens with zero attached hydrogens (tertiary/aromatic N) is 1. The van der Waals surface area contributed by atoms with Crippen LogP contribution in [-0.2, 0) is 14.6 Å². The van der Waals surface area contributed by atoms with Crippen LogP contribution in [0.15, 0.2) is 0 Å². The molecule has 0 aliphatic carbocycles. The van der Waals surface area contributed by atoms with Crippen LogP contribution in [0.3, 0.4) is 0 Å². The number of rotatable bonds is 37. The summed E-state index contributed by atoms with van der Waals surface area (Å²) in [6.07, 6.45) is 46.5. The highest BCUT2D eigenvalue weighted by Gasteiger charge is 2.29. The van der Waals surface area contributed by atoms with Crippen LogP contribution in [-0.4, -0.2) is 49.1 Å². The van der Waals surface area contributed by atoms with E-state index in [-0.39, 0.29) is 0 Å². The molecule has 7 heteroatoms. The summed E-state index contributed by atoms with van der Waals surface area (Å²) in [6, 6.07) is 0.387. The molecule has 0 radical (unpaired) electrons. The number of hydrogen-bond donors (Lipinski definition) is 1. The normalized spacial score (nSPS) is 13.6. The maximum atomic E-state index is 11.3. The molecule has 0 heterocycles. The first-order chi connectivity index (χ1) is 23.2. The predicted octanol–water partition coefficient (Wildman–Crippen LogP) is 13.6. The highest BCUT2D eigenvalue weighted by atomic mass is 32.3. The van der Waals surface area contributed by atoms with Crippen LogP contribution in [0, 0.1) is 0 Å². The molecule has 0 aliphatic rings. The molecule has 1 N–H and O–H groups in total. The molecule has 292 valence electrons. The van der Waals surface area contributed by atoms with Gasteiger partial charge in [-0.1, -0.05) is 200 Å². The largest absolute Gasteiger partial charge is 0.726 e. The van der Waals surface area contributed by atoms with Crippen LogP contribution in [0.5, 0.6) is 0 Å². The van der Waals surface area contributed by atoms with Gasteiger partial charge in [0, 0.05) is 6.42 Å². The molecule has 0 aliphatic heterocycles. The molecular formula is C41H87NO5S. The predicted molar refractivity (Wildman–Crippen MR) is 207 cm³/mol. The Kier molecular flexibility index (Phi) is 39.5. The molecular weight excluding hydrogens is 619 g/mol. The lowest BCUT2D eigenvalue weighted by Crippen LogP contribution is -2.52. The van der Waals surface area contributed by atoms with Crippen LogP contribution in [0.2, 0.25) is 0 Å². The zero-order valence-corrected chi connectivity index (χ0v) is 34.1. The maximum absolute atomic E-state index is 11.3. The molecule has 0 aromatic carbocycles. The zero-order chi connectivity index (χ0) is 36.0. The van der Waals surface area contributed by atoms with Crippen LogP contribution in [0.25, 0.3) is 0 Å². The van der Waals surface area contributed by atoms with E-state index in [0.717, 1.165) is 20.2 Å². The fourth-order valence-electron chi connectivity index (χ4n) is 6.85. The second-order valence-corrected chi connectivity index (χ2v) is 16.0. The van der Waals surface area contributed by atoms with E-state index < -0.39 is 10.4 Å². The van der Waals surface area contributed by atoms with Gasteiger partial charge in [-0.05, 0) is 33.1 Å². The van der Waals surface area contributed by atoms with Crippen LogP contribution in [0.1, 0.15) is 240 Å². The second kappa shape index (κ2) is 38.0. The summed E-state index contributed by atoms with van der Waals surface area (Å²) in [4.78, 5) is 0. The summed E-state index contributed by atoms with van der Waals surface area (Å²) in [6.45, 7) is 10.9. The van der Waals surface area contributed by atoms with Gasteiger partial charge in [-0.25, -0.2) is 13.6 Å². The second-order valence-electron chi connectivity index (χ2n) is 14.8. The highest BCUT2D eigenvalue weighted by molar-refractivity contribution is 7.80. The van der Waals surface area contributed by atoms with Crippen molar-refractivity contribution in [1.82, 2.24) is 0 Å². The minimum absolute atomic E-state index is 0.303. The summed E-state index contributed by atoms with van der Waals surface area (Å²) in [7, 11) is -3.60. The Bertz CT molecular complexity index is 720. The van der Waals surface area contributed by atoms with E-state index in [9.17, 15) is 18.2 Å². The van der Waals surface area contributed by atoms with Crippen LogP contribution in [0.4, 0.5) is 0 Å². The van der Waals surface area contributed by atoms with Gasteiger partial charge >= 0.3 is 0 Å². The van der Waals surface area contributed by atoms with Gasteiger partial charge in [-0.3, -0.25) is 4.18 Å². The van der Waals surface area contributed by atoms with Crippen molar-refractivity contribution in [1.29, 1.82) is 0 Å². The van der Waals surface area contributed by atoms with Gasteiger partial charge < -0.3 is 4.55 Å². The zero-order valence-electron chi connectivity index (χ0n) is 33.3. The Morgan fingerprint density at radius 2 is 0.729 bits per heavy atom. The Morgan fingerprint density at radius 3 is 0.958 bits per heavy atom. The average molecular weight is 706 g/mol. The quantitative estimate of drug-likeness (QED) is 0.0228. The molecule has 6 nitrogen and oxygen atoms in total. The number of hydrogen-bond acceptors (Lipinski definition) is 5. The summed E-state index contributed by atoms with van der Waals surface area (Å²) in [5, 5.41) is 11.3. The van der Waals surface area contributed by atoms with Gasteiger partial charge in [-0.15, -0.1) is 0 Å². The van der Waals surface area contributed by atoms with Crippen molar-refractivity contribution in [3.63, 3.8) is 0 Å². The molecule has 0 aromatic heterocycles. The number of quaternary nitrogens is 1. The standard InChI is InChI=1S/C40H84NO.CH4O4S/c1-5-8-10-12-14-16-18-20-22-24-26-28-30-32-34-36-38-40(4)41(42,7-3)39-37-35-33-31-29-27-25-23-21-19-17-15-13-11-9-6-2;1-5-6(2,3)4/h40,42H,5-39H2,1-4H3;1H3,(H,2,3,4)/q+1;/p-1. The first-order valence-electron chi connectivity index (χ1n) is 21.3. The Balaban J connectivity index is 0. The Hall–Kier alpha value is -0.210. The van der Waals surface area contributed by atoms with Gasteiger partial charge in [0.25, 0.3) is 0 Å². The minimum Gasteiger partial charge on any atom is -0.726 e. The van der Waals surface area contributed by atoms with Gasteiger partial charge in [-0.2, -0.15) is 4.65 Å². The molecule has 0 saturated heterocycles. The third-order valence-electron chi connectivity index (χ3n) is 10.4. The van der Waals surface area contributed by atoms with E-state index >= 15 is 0 Å². The van der Waals surface area contributed by atoms with Crippen molar-refractivity contribution in [3.8, 4) is 0 Å². The molecule has 0 fully saturated rings. The first kappa shape index (κ1) is 49.9. The molecule has 0 rings (SSSR count). The topological polar surface area (TPSA) is 86.7 Å². The molecule has 2 unspecified atom stereocenters. The van der Waals surface area contributed by atoms with Crippen molar-refractivity contribution < 1.29 is 27.0 Å². The smallest absolute Gasteiger partial charge is 0.217 e. The van der Waals surface area contributed by atoms with Crippen LogP contribution < -0.4 is 0 Å². The molecule has 48 heavy (non-hydrogen) atoms. The van der Waals surface area contributed by atoms with E-state index in [4.69, 9.17) is 0 Å². The third kappa shape index (κ3) is 38.6. The van der Waals surface area contributed by atoms with E-state index in [1.54, 1.807) is 0 Å². The summed E-state index contributed by atoms with van der Waals surface area (Å²) in [5.74, 6) is 0. The van der Waals surface area contributed by atoms with Gasteiger partial charge in [0.05, 0.1) is 7.11 Å². The third-order valence-corrected chi connectivity index (χ3v) is 10.9. The monoisotopic (exact) mass is 706 g/mol. The summed E-state index contributed by atoms with van der Waals surface area (Å²) >= 11 is 0. The Morgan fingerprint density at radius 1 is 0.500 bits per heavy atom. The summed E-state index contributed by atoms with van der Waals surface area (Å²) < 4.78 is 31.3. The lowest BCUT2D eigenvalue weighted by Gasteiger charge is -2.35.